The maximum Gasteiger partial charge on any atom is 0.251 e. The van der Waals surface area contributed by atoms with Gasteiger partial charge in [0.2, 0.25) is 0 Å². The number of nitrogens with one attached hydrogen (secondary N) is 2. The molecule has 0 spiro atoms. The van der Waals surface area contributed by atoms with Gasteiger partial charge in [-0.1, -0.05) is 83.4 Å². The molecule has 5 nitrogen and oxygen atoms in total. The number of rotatable bonds is 7. The average molecular weight is 545 g/mol. The van der Waals surface area contributed by atoms with Crippen molar-refractivity contribution in [2.75, 3.05) is 32.5 Å². The van der Waals surface area contributed by atoms with Crippen LogP contribution >= 0.6 is 8.58 Å². The molecule has 1 aliphatic heterocycles. The molecule has 3 aromatic carbocycles. The Morgan fingerprint density at radius 1 is 0.949 bits per heavy atom. The van der Waals surface area contributed by atoms with Gasteiger partial charge in [-0.25, -0.2) is 0 Å². The lowest BCUT2D eigenvalue weighted by atomic mass is 9.98. The van der Waals surface area contributed by atoms with Gasteiger partial charge in [0.25, 0.3) is 5.91 Å². The van der Waals surface area contributed by atoms with Crippen molar-refractivity contribution >= 4 is 31.2 Å². The first kappa shape index (κ1) is 30.5. The van der Waals surface area contributed by atoms with Gasteiger partial charge in [-0.3, -0.25) is 10.2 Å². The minimum atomic E-state index is -0.132. The van der Waals surface area contributed by atoms with E-state index in [0.717, 1.165) is 32.5 Å². The van der Waals surface area contributed by atoms with E-state index in [1.54, 1.807) is 18.2 Å². The van der Waals surface area contributed by atoms with Crippen LogP contribution in [0.2, 0.25) is 0 Å². The smallest absolute Gasteiger partial charge is 0.251 e. The van der Waals surface area contributed by atoms with E-state index in [-0.39, 0.29) is 11.9 Å². The van der Waals surface area contributed by atoms with Crippen molar-refractivity contribution in [1.82, 2.24) is 10.2 Å². The van der Waals surface area contributed by atoms with Gasteiger partial charge >= 0.3 is 0 Å². The fourth-order valence-electron chi connectivity index (χ4n) is 4.71. The van der Waals surface area contributed by atoms with Gasteiger partial charge in [0.05, 0.1) is 11.8 Å². The first-order valence-electron chi connectivity index (χ1n) is 14.3. The van der Waals surface area contributed by atoms with Crippen LogP contribution in [-0.2, 0) is 0 Å². The van der Waals surface area contributed by atoms with Crippen molar-refractivity contribution < 1.29 is 4.79 Å². The van der Waals surface area contributed by atoms with Crippen LogP contribution in [0, 0.1) is 11.3 Å². The summed E-state index contributed by atoms with van der Waals surface area (Å²) in [5, 5.41) is 13.1. The molecule has 3 aromatic rings. The highest BCUT2D eigenvalue weighted by Gasteiger charge is 2.33. The molecule has 0 bridgehead atoms. The molecule has 2 aliphatic rings. The van der Waals surface area contributed by atoms with Crippen LogP contribution in [0.1, 0.15) is 79.0 Å². The number of likely N-dealkylation sites (tertiary alicyclic amines) is 1. The highest BCUT2D eigenvalue weighted by Crippen LogP contribution is 2.41. The van der Waals surface area contributed by atoms with Crippen molar-refractivity contribution in [3.63, 3.8) is 0 Å². The average Bonchev–Trinajstić information content (AvgIpc) is 3.83. The molecule has 2 unspecified atom stereocenters. The van der Waals surface area contributed by atoms with E-state index in [2.05, 4.69) is 36.1 Å². The molecule has 4 N–H and O–H groups in total. The van der Waals surface area contributed by atoms with Gasteiger partial charge in [-0.2, -0.15) is 0 Å². The SMILES string of the molecule is CC.CN1CCCCC1.CPc1ccc(C(=N)c2cc(C(=O)NC(c3ccccc3)C3CC3)ccc2N)cc1. The summed E-state index contributed by atoms with van der Waals surface area (Å²) in [5.41, 5.74) is 10.0. The molecule has 2 atom stereocenters. The Morgan fingerprint density at radius 3 is 2.10 bits per heavy atom. The highest BCUT2D eigenvalue weighted by atomic mass is 31.1. The van der Waals surface area contributed by atoms with Crippen molar-refractivity contribution in [1.29, 1.82) is 5.41 Å². The summed E-state index contributed by atoms with van der Waals surface area (Å²) in [6, 6.07) is 23.3. The molecular formula is C33H45N4OP. The number of carbonyl (C=O) groups is 1. The molecule has 5 rings (SSSR count). The third-order valence-electron chi connectivity index (χ3n) is 7.17. The van der Waals surface area contributed by atoms with Crippen molar-refractivity contribution in [2.45, 2.75) is 52.0 Å². The molecule has 39 heavy (non-hydrogen) atoms. The molecular weight excluding hydrogens is 499 g/mol. The number of piperidine rings is 1. The molecule has 0 aromatic heterocycles. The molecule has 1 saturated carbocycles. The summed E-state index contributed by atoms with van der Waals surface area (Å²) < 4.78 is 0. The van der Waals surface area contributed by atoms with Crippen LogP contribution in [0.3, 0.4) is 0 Å². The number of amides is 1. The molecule has 1 amide bonds. The number of anilines is 1. The van der Waals surface area contributed by atoms with Crippen molar-refractivity contribution in [3.8, 4) is 0 Å². The second-order valence-electron chi connectivity index (χ2n) is 10.1. The van der Waals surface area contributed by atoms with E-state index in [1.165, 1.54) is 37.7 Å². The van der Waals surface area contributed by atoms with Crippen LogP contribution < -0.4 is 16.4 Å². The van der Waals surface area contributed by atoms with E-state index in [4.69, 9.17) is 11.1 Å². The zero-order valence-electron chi connectivity index (χ0n) is 24.0. The van der Waals surface area contributed by atoms with E-state index in [9.17, 15) is 4.79 Å². The summed E-state index contributed by atoms with van der Waals surface area (Å²) >= 11 is 0. The molecule has 1 saturated heterocycles. The minimum Gasteiger partial charge on any atom is -0.398 e. The van der Waals surface area contributed by atoms with E-state index >= 15 is 0 Å². The van der Waals surface area contributed by atoms with Crippen LogP contribution in [0.25, 0.3) is 0 Å². The Balaban J connectivity index is 0.000000401. The second-order valence-corrected chi connectivity index (χ2v) is 11.1. The fourth-order valence-corrected chi connectivity index (χ4v) is 5.21. The zero-order valence-corrected chi connectivity index (χ0v) is 25.0. The zero-order chi connectivity index (χ0) is 28.2. The summed E-state index contributed by atoms with van der Waals surface area (Å²) in [5.74, 6) is 0.355. The molecule has 2 fully saturated rings. The Kier molecular flexibility index (Phi) is 12.2. The van der Waals surface area contributed by atoms with Gasteiger partial charge in [0.1, 0.15) is 0 Å². The molecule has 1 heterocycles. The van der Waals surface area contributed by atoms with Crippen LogP contribution in [0.5, 0.6) is 0 Å². The van der Waals surface area contributed by atoms with Gasteiger partial charge in [0, 0.05) is 22.4 Å². The number of hydrogen-bond acceptors (Lipinski definition) is 4. The Morgan fingerprint density at radius 2 is 1.56 bits per heavy atom. The van der Waals surface area contributed by atoms with E-state index in [1.807, 2.05) is 56.3 Å². The summed E-state index contributed by atoms with van der Waals surface area (Å²) in [4.78, 5) is 15.4. The standard InChI is InChI=1S/C25H26N3OP.C6H13N.C2H6/c1-30-20-12-9-16(10-13-20)23(27)21-15-19(11-14-22(21)26)25(29)28-24(18-7-8-18)17-5-3-2-4-6-17;1-7-5-3-2-4-6-7;1-2/h2-6,9-15,18,24,27,30H,7-8,26H2,1H3,(H,28,29);2-6H2,1H3;1-2H3. The molecule has 1 aliphatic carbocycles. The lowest BCUT2D eigenvalue weighted by molar-refractivity contribution is 0.0931. The monoisotopic (exact) mass is 544 g/mol. The summed E-state index contributed by atoms with van der Waals surface area (Å²) in [7, 11) is 2.91. The minimum absolute atomic E-state index is 0.0153. The van der Waals surface area contributed by atoms with Crippen LogP contribution in [-0.4, -0.2) is 43.3 Å². The van der Waals surface area contributed by atoms with Crippen LogP contribution in [0.4, 0.5) is 5.69 Å². The predicted molar refractivity (Wildman–Crippen MR) is 169 cm³/mol. The first-order chi connectivity index (χ1) is 19.0. The predicted octanol–water partition coefficient (Wildman–Crippen LogP) is 6.63. The number of carbonyl (C=O) groups excluding carboxylic acids is 1. The Bertz CT molecular complexity index is 1190. The Labute approximate surface area is 236 Å². The third-order valence-corrected chi connectivity index (χ3v) is 8.08. The van der Waals surface area contributed by atoms with E-state index < -0.39 is 0 Å². The number of benzene rings is 3. The highest BCUT2D eigenvalue weighted by molar-refractivity contribution is 7.46. The first-order valence-corrected chi connectivity index (χ1v) is 15.8. The Hall–Kier alpha value is -3.01. The quantitative estimate of drug-likeness (QED) is 0.177. The van der Waals surface area contributed by atoms with E-state index in [0.29, 0.717) is 28.4 Å². The number of hydrogen-bond donors (Lipinski definition) is 3. The fraction of sp³-hybridized carbons (Fsp3) is 0.394. The van der Waals surface area contributed by atoms with Gasteiger partial charge in [-0.15, -0.1) is 0 Å². The summed E-state index contributed by atoms with van der Waals surface area (Å²) in [6.45, 7) is 8.77. The largest absolute Gasteiger partial charge is 0.398 e. The van der Waals surface area contributed by atoms with Crippen molar-refractivity contribution in [2.24, 2.45) is 5.92 Å². The van der Waals surface area contributed by atoms with Crippen LogP contribution in [0.15, 0.2) is 72.8 Å². The lowest BCUT2D eigenvalue weighted by Crippen LogP contribution is -2.30. The number of nitrogens with zero attached hydrogens (tertiary/aromatic N) is 1. The normalized spacial score (nSPS) is 15.9. The van der Waals surface area contributed by atoms with Gasteiger partial charge < -0.3 is 16.0 Å². The van der Waals surface area contributed by atoms with Gasteiger partial charge in [0.15, 0.2) is 0 Å². The third kappa shape index (κ3) is 9.02. The topological polar surface area (TPSA) is 82.2 Å². The maximum atomic E-state index is 13.0. The van der Waals surface area contributed by atoms with Gasteiger partial charge in [-0.05, 0) is 87.5 Å². The maximum absolute atomic E-state index is 13.0. The lowest BCUT2D eigenvalue weighted by Gasteiger charge is -2.20. The summed E-state index contributed by atoms with van der Waals surface area (Å²) in [6.07, 6.45) is 6.54. The number of nitrogens with two attached hydrogens (primary N) is 1. The number of nitrogen functional groups attached to an aromatic ring is 1. The molecule has 208 valence electrons. The second kappa shape index (κ2) is 15.5. The van der Waals surface area contributed by atoms with Crippen molar-refractivity contribution in [3.05, 3.63) is 95.1 Å². The molecule has 0 radical (unpaired) electrons. The molecule has 6 heteroatoms.